The van der Waals surface area contributed by atoms with Crippen molar-refractivity contribution in [3.8, 4) is 10.6 Å². The number of thiazole rings is 1. The van der Waals surface area contributed by atoms with Crippen LogP contribution in [0.4, 0.5) is 11.6 Å². The van der Waals surface area contributed by atoms with Gasteiger partial charge in [-0.25, -0.2) is 15.0 Å². The second kappa shape index (κ2) is 8.53. The molecular weight excluding hydrogens is 348 g/mol. The van der Waals surface area contributed by atoms with Crippen LogP contribution in [0, 0.1) is 6.92 Å². The van der Waals surface area contributed by atoms with Crippen molar-refractivity contribution in [2.75, 3.05) is 5.32 Å². The fourth-order valence-electron chi connectivity index (χ4n) is 2.47. The van der Waals surface area contributed by atoms with Crippen molar-refractivity contribution in [1.29, 1.82) is 0 Å². The Hall–Kier alpha value is -2.80. The smallest absolute Gasteiger partial charge is 0.303 e. The Bertz CT molecular complexity index is 895. The Balaban J connectivity index is 1.65. The molecule has 0 spiro atoms. The molecule has 0 unspecified atom stereocenters. The molecular formula is C19H20N4O2S. The predicted octanol–water partition coefficient (Wildman–Crippen LogP) is 4.45. The van der Waals surface area contributed by atoms with Crippen molar-refractivity contribution in [1.82, 2.24) is 15.0 Å². The third-order valence-corrected chi connectivity index (χ3v) is 4.84. The molecule has 134 valence electrons. The number of anilines is 2. The number of aromatic nitrogens is 3. The van der Waals surface area contributed by atoms with Gasteiger partial charge < -0.3 is 10.4 Å². The monoisotopic (exact) mass is 368 g/mol. The molecule has 0 aromatic carbocycles. The number of nitrogens with zero attached hydrogens (tertiary/aromatic N) is 3. The van der Waals surface area contributed by atoms with E-state index in [0.29, 0.717) is 6.42 Å². The summed E-state index contributed by atoms with van der Waals surface area (Å²) in [6.45, 7) is 2.02. The summed E-state index contributed by atoms with van der Waals surface area (Å²) in [5, 5.41) is 12.9. The van der Waals surface area contributed by atoms with Gasteiger partial charge in [0.15, 0.2) is 0 Å². The second-order valence-electron chi connectivity index (χ2n) is 5.97. The molecule has 0 aliphatic heterocycles. The summed E-state index contributed by atoms with van der Waals surface area (Å²) in [4.78, 5) is 24.9. The number of carboxylic acid groups (broad SMARTS) is 1. The van der Waals surface area contributed by atoms with E-state index in [4.69, 9.17) is 5.11 Å². The molecule has 0 fully saturated rings. The molecule has 2 N–H and O–H groups in total. The summed E-state index contributed by atoms with van der Waals surface area (Å²) in [6.07, 6.45) is 6.10. The Labute approximate surface area is 156 Å². The normalized spacial score (nSPS) is 10.7. The molecule has 0 bridgehead atoms. The number of unbranched alkanes of at least 4 members (excludes halogenated alkanes) is 1. The van der Waals surface area contributed by atoms with Crippen LogP contribution < -0.4 is 5.32 Å². The Kier molecular flexibility index (Phi) is 5.91. The van der Waals surface area contributed by atoms with E-state index >= 15 is 0 Å². The molecule has 0 saturated heterocycles. The summed E-state index contributed by atoms with van der Waals surface area (Å²) < 4.78 is 0. The van der Waals surface area contributed by atoms with E-state index in [1.54, 1.807) is 17.5 Å². The van der Waals surface area contributed by atoms with Gasteiger partial charge in [0.05, 0.1) is 15.6 Å². The first-order chi connectivity index (χ1) is 12.6. The molecule has 0 saturated carbocycles. The minimum absolute atomic E-state index is 0.209. The van der Waals surface area contributed by atoms with Crippen molar-refractivity contribution in [3.05, 3.63) is 53.3 Å². The zero-order valence-electron chi connectivity index (χ0n) is 14.5. The first-order valence-corrected chi connectivity index (χ1v) is 9.25. The number of aliphatic carboxylic acids is 1. The number of hydrogen-bond acceptors (Lipinski definition) is 6. The summed E-state index contributed by atoms with van der Waals surface area (Å²) >= 11 is 1.60. The Morgan fingerprint density at radius 2 is 2.08 bits per heavy atom. The van der Waals surface area contributed by atoms with Gasteiger partial charge in [0.1, 0.15) is 11.6 Å². The zero-order chi connectivity index (χ0) is 18.4. The minimum Gasteiger partial charge on any atom is -0.481 e. The molecule has 3 rings (SSSR count). The maximum absolute atomic E-state index is 10.5. The van der Waals surface area contributed by atoms with Crippen LogP contribution in [-0.4, -0.2) is 26.0 Å². The number of rotatable bonds is 8. The predicted molar refractivity (Wildman–Crippen MR) is 103 cm³/mol. The molecule has 0 radical (unpaired) electrons. The summed E-state index contributed by atoms with van der Waals surface area (Å²) in [5.41, 5.74) is 1.99. The standard InChI is InChI=1S/C19H20N4O2S/c1-13-9-10-20-17(11-13)23-16-6-4-5-14(22-16)15-12-21-18(26-15)7-2-3-8-19(24)25/h4-6,9-12H,2-3,7-8H2,1H3,(H,24,25)(H,20,22,23). The van der Waals surface area contributed by atoms with Crippen LogP contribution in [-0.2, 0) is 11.2 Å². The molecule has 0 aliphatic carbocycles. The van der Waals surface area contributed by atoms with Gasteiger partial charge >= 0.3 is 5.97 Å². The molecule has 0 atom stereocenters. The first kappa shape index (κ1) is 18.0. The molecule has 7 heteroatoms. The largest absolute Gasteiger partial charge is 0.481 e. The van der Waals surface area contributed by atoms with Crippen molar-refractivity contribution in [3.63, 3.8) is 0 Å². The Morgan fingerprint density at radius 1 is 1.19 bits per heavy atom. The van der Waals surface area contributed by atoms with Gasteiger partial charge in [-0.2, -0.15) is 0 Å². The second-order valence-corrected chi connectivity index (χ2v) is 7.09. The van der Waals surface area contributed by atoms with Crippen LogP contribution in [0.1, 0.15) is 29.8 Å². The summed E-state index contributed by atoms with van der Waals surface area (Å²) in [5.74, 6) is 0.747. The van der Waals surface area contributed by atoms with Crippen LogP contribution in [0.25, 0.3) is 10.6 Å². The number of hydrogen-bond donors (Lipinski definition) is 2. The fraction of sp³-hybridized carbons (Fsp3) is 0.263. The van der Waals surface area contributed by atoms with Gasteiger partial charge in [0.25, 0.3) is 0 Å². The summed E-state index contributed by atoms with van der Waals surface area (Å²) in [6, 6.07) is 9.73. The highest BCUT2D eigenvalue weighted by atomic mass is 32.1. The van der Waals surface area contributed by atoms with Gasteiger partial charge in [-0.3, -0.25) is 4.79 Å². The SMILES string of the molecule is Cc1ccnc(Nc2cccc(-c3cnc(CCCCC(=O)O)s3)n2)c1. The quantitative estimate of drug-likeness (QED) is 0.571. The lowest BCUT2D eigenvalue weighted by atomic mass is 10.2. The van der Waals surface area contributed by atoms with Gasteiger partial charge in [0.2, 0.25) is 0 Å². The van der Waals surface area contributed by atoms with Gasteiger partial charge in [0, 0.05) is 18.8 Å². The van der Waals surface area contributed by atoms with Gasteiger partial charge in [-0.15, -0.1) is 11.3 Å². The number of aryl methyl sites for hydroxylation is 2. The third-order valence-electron chi connectivity index (χ3n) is 3.76. The average Bonchev–Trinajstić information content (AvgIpc) is 3.08. The van der Waals surface area contributed by atoms with Gasteiger partial charge in [-0.05, 0) is 56.0 Å². The lowest BCUT2D eigenvalue weighted by Crippen LogP contribution is -1.96. The number of carboxylic acids is 1. The molecule has 3 aromatic heterocycles. The van der Waals surface area contributed by atoms with Crippen molar-refractivity contribution >= 4 is 28.9 Å². The number of carbonyl (C=O) groups is 1. The molecule has 26 heavy (non-hydrogen) atoms. The van der Waals surface area contributed by atoms with Crippen LogP contribution in [0.2, 0.25) is 0 Å². The van der Waals surface area contributed by atoms with E-state index in [1.165, 1.54) is 0 Å². The lowest BCUT2D eigenvalue weighted by Gasteiger charge is -2.06. The highest BCUT2D eigenvalue weighted by Crippen LogP contribution is 2.27. The molecule has 0 aliphatic rings. The van der Waals surface area contributed by atoms with Crippen LogP contribution in [0.3, 0.4) is 0 Å². The highest BCUT2D eigenvalue weighted by molar-refractivity contribution is 7.15. The van der Waals surface area contributed by atoms with Crippen LogP contribution in [0.15, 0.2) is 42.7 Å². The van der Waals surface area contributed by atoms with E-state index in [2.05, 4.69) is 20.3 Å². The summed E-state index contributed by atoms with van der Waals surface area (Å²) in [7, 11) is 0. The van der Waals surface area contributed by atoms with E-state index in [9.17, 15) is 4.79 Å². The highest BCUT2D eigenvalue weighted by Gasteiger charge is 2.08. The fourth-order valence-corrected chi connectivity index (χ4v) is 3.40. The molecule has 0 amide bonds. The zero-order valence-corrected chi connectivity index (χ0v) is 15.3. The molecule has 3 aromatic rings. The van der Waals surface area contributed by atoms with E-state index in [1.807, 2.05) is 43.5 Å². The topological polar surface area (TPSA) is 88.0 Å². The lowest BCUT2D eigenvalue weighted by molar-refractivity contribution is -0.137. The Morgan fingerprint density at radius 3 is 2.88 bits per heavy atom. The van der Waals surface area contributed by atoms with Crippen molar-refractivity contribution < 1.29 is 9.90 Å². The number of pyridine rings is 2. The minimum atomic E-state index is -0.749. The molecule has 3 heterocycles. The van der Waals surface area contributed by atoms with Crippen molar-refractivity contribution in [2.45, 2.75) is 32.6 Å². The van der Waals surface area contributed by atoms with E-state index < -0.39 is 5.97 Å². The molecule has 6 nitrogen and oxygen atoms in total. The first-order valence-electron chi connectivity index (χ1n) is 8.44. The third kappa shape index (κ3) is 5.10. The maximum Gasteiger partial charge on any atom is 0.303 e. The average molecular weight is 368 g/mol. The maximum atomic E-state index is 10.5. The van der Waals surface area contributed by atoms with Crippen LogP contribution in [0.5, 0.6) is 0 Å². The van der Waals surface area contributed by atoms with Crippen LogP contribution >= 0.6 is 11.3 Å². The van der Waals surface area contributed by atoms with Gasteiger partial charge in [-0.1, -0.05) is 6.07 Å². The number of nitrogens with one attached hydrogen (secondary N) is 1. The van der Waals surface area contributed by atoms with Crippen molar-refractivity contribution in [2.24, 2.45) is 0 Å². The van der Waals surface area contributed by atoms with E-state index in [-0.39, 0.29) is 6.42 Å². The van der Waals surface area contributed by atoms with E-state index in [0.717, 1.165) is 45.6 Å².